The minimum atomic E-state index is -1.45. The van der Waals surface area contributed by atoms with Gasteiger partial charge in [-0.25, -0.2) is 14.6 Å². The fourth-order valence-electron chi connectivity index (χ4n) is 2.75. The summed E-state index contributed by atoms with van der Waals surface area (Å²) in [4.78, 5) is 68.9. The smallest absolute Gasteiger partial charge is 0.326 e. The Bertz CT molecular complexity index is 1230. The van der Waals surface area contributed by atoms with Crippen LogP contribution in [-0.4, -0.2) is 61.2 Å². The number of pyridine rings is 1. The number of aliphatic carboxylic acids is 2. The molecule has 0 saturated heterocycles. The number of urea groups is 1. The highest BCUT2D eigenvalue weighted by Crippen LogP contribution is 2.31. The molecule has 3 amide bonds. The van der Waals surface area contributed by atoms with Crippen LogP contribution in [0.4, 0.5) is 27.9 Å². The van der Waals surface area contributed by atoms with E-state index in [1.165, 1.54) is 12.1 Å². The summed E-state index contributed by atoms with van der Waals surface area (Å²) in [5.74, 6) is -4.16. The lowest BCUT2D eigenvalue weighted by Gasteiger charge is -2.15. The summed E-state index contributed by atoms with van der Waals surface area (Å²) < 4.78 is 5.64. The van der Waals surface area contributed by atoms with Crippen LogP contribution in [0.15, 0.2) is 16.9 Å². The topological polar surface area (TPSA) is 265 Å². The zero-order chi connectivity index (χ0) is 25.7. The molecular weight excluding hydrogens is 468 g/mol. The number of carboxylic acid groups (broad SMARTS) is 2. The Hall–Kier alpha value is -4.89. The van der Waals surface area contributed by atoms with Crippen molar-refractivity contribution in [1.82, 2.24) is 20.3 Å². The second-order valence-electron chi connectivity index (χ2n) is 7.45. The molecule has 0 aromatic carbocycles. The molecular formula is C19H22N8O8. The summed E-state index contributed by atoms with van der Waals surface area (Å²) in [6.07, 6.45) is 0.470. The van der Waals surface area contributed by atoms with Gasteiger partial charge < -0.3 is 37.1 Å². The first kappa shape index (κ1) is 24.7. The van der Waals surface area contributed by atoms with E-state index in [1.54, 1.807) is 0 Å². The van der Waals surface area contributed by atoms with Gasteiger partial charge in [-0.05, 0) is 31.4 Å². The van der Waals surface area contributed by atoms with E-state index in [4.69, 9.17) is 21.3 Å². The largest absolute Gasteiger partial charge is 0.481 e. The van der Waals surface area contributed by atoms with Gasteiger partial charge in [0, 0.05) is 6.42 Å². The summed E-state index contributed by atoms with van der Waals surface area (Å²) in [6, 6.07) is 0.148. The van der Waals surface area contributed by atoms with Crippen molar-refractivity contribution in [2.45, 2.75) is 37.8 Å². The molecule has 16 nitrogen and oxygen atoms in total. The first-order valence-electron chi connectivity index (χ1n) is 10.2. The predicted octanol–water partition coefficient (Wildman–Crippen LogP) is -0.438. The molecule has 10 N–H and O–H groups in total. The number of aromatic amines is 1. The van der Waals surface area contributed by atoms with E-state index >= 15 is 0 Å². The summed E-state index contributed by atoms with van der Waals surface area (Å²) >= 11 is 0. The molecule has 0 spiro atoms. The molecule has 1 atom stereocenters. The minimum Gasteiger partial charge on any atom is -0.481 e. The van der Waals surface area contributed by atoms with E-state index in [0.717, 1.165) is 12.8 Å². The Kier molecular flexibility index (Phi) is 7.33. The number of nitrogens with zero attached hydrogens (tertiary/aromatic N) is 2. The van der Waals surface area contributed by atoms with Crippen LogP contribution < -0.4 is 37.7 Å². The number of anilines is 4. The quantitative estimate of drug-likeness (QED) is 0.211. The van der Waals surface area contributed by atoms with Gasteiger partial charge in [0.05, 0.1) is 0 Å². The van der Waals surface area contributed by atoms with Crippen molar-refractivity contribution in [3.05, 3.63) is 28.2 Å². The van der Waals surface area contributed by atoms with Gasteiger partial charge in [-0.1, -0.05) is 0 Å². The molecule has 16 heteroatoms. The third-order valence-corrected chi connectivity index (χ3v) is 4.60. The summed E-state index contributed by atoms with van der Waals surface area (Å²) in [5.41, 5.74) is 9.69. The number of H-pyrrole nitrogens is 1. The molecule has 35 heavy (non-hydrogen) atoms. The molecule has 0 radical (unpaired) electrons. The number of carbonyl (C=O) groups is 4. The third-order valence-electron chi connectivity index (χ3n) is 4.60. The van der Waals surface area contributed by atoms with Crippen LogP contribution in [0.3, 0.4) is 0 Å². The number of hydrogen-bond acceptors (Lipinski definition) is 10. The van der Waals surface area contributed by atoms with E-state index in [9.17, 15) is 29.1 Å². The lowest BCUT2D eigenvalue weighted by Crippen LogP contribution is -2.41. The summed E-state index contributed by atoms with van der Waals surface area (Å²) in [5, 5.41) is 24.8. The fraction of sp³-hybridized carbons (Fsp3) is 0.316. The van der Waals surface area contributed by atoms with Gasteiger partial charge in [-0.3, -0.25) is 24.7 Å². The second-order valence-corrected chi connectivity index (χ2v) is 7.45. The monoisotopic (exact) mass is 490 g/mol. The van der Waals surface area contributed by atoms with Crippen LogP contribution in [0.25, 0.3) is 0 Å². The lowest BCUT2D eigenvalue weighted by atomic mass is 10.1. The summed E-state index contributed by atoms with van der Waals surface area (Å²) in [6.45, 7) is 0. The van der Waals surface area contributed by atoms with Gasteiger partial charge in [-0.2, -0.15) is 4.98 Å². The van der Waals surface area contributed by atoms with Crippen LogP contribution in [0.5, 0.6) is 5.88 Å². The average molecular weight is 490 g/mol. The van der Waals surface area contributed by atoms with E-state index in [-0.39, 0.29) is 47.2 Å². The maximum absolute atomic E-state index is 12.5. The van der Waals surface area contributed by atoms with Gasteiger partial charge in [-0.15, -0.1) is 0 Å². The molecule has 1 saturated carbocycles. The second kappa shape index (κ2) is 10.4. The number of hydrogen-bond donors (Lipinski definition) is 8. The van der Waals surface area contributed by atoms with Crippen LogP contribution >= 0.6 is 0 Å². The number of nitrogen functional groups attached to an aromatic ring is 2. The predicted molar refractivity (Wildman–Crippen MR) is 120 cm³/mol. The molecule has 1 fully saturated rings. The number of aromatic nitrogens is 3. The van der Waals surface area contributed by atoms with Gasteiger partial charge >= 0.3 is 18.0 Å². The Morgan fingerprint density at radius 1 is 1.14 bits per heavy atom. The van der Waals surface area contributed by atoms with Crippen molar-refractivity contribution in [1.29, 1.82) is 0 Å². The molecule has 2 heterocycles. The molecule has 1 aliphatic carbocycles. The fourth-order valence-corrected chi connectivity index (χ4v) is 2.75. The van der Waals surface area contributed by atoms with Gasteiger partial charge in [0.25, 0.3) is 11.5 Å². The number of nitrogens with two attached hydrogens (primary N) is 2. The Balaban J connectivity index is 1.76. The van der Waals surface area contributed by atoms with Crippen LogP contribution in [-0.2, 0) is 9.59 Å². The van der Waals surface area contributed by atoms with Crippen LogP contribution in [0, 0.1) is 0 Å². The van der Waals surface area contributed by atoms with Gasteiger partial charge in [0.15, 0.2) is 11.5 Å². The average Bonchev–Trinajstić information content (AvgIpc) is 3.58. The number of rotatable bonds is 10. The number of carboxylic acids is 2. The summed E-state index contributed by atoms with van der Waals surface area (Å²) in [7, 11) is 0. The lowest BCUT2D eigenvalue weighted by molar-refractivity contribution is -0.140. The normalized spacial score (nSPS) is 13.4. The Labute approximate surface area is 196 Å². The van der Waals surface area contributed by atoms with Crippen LogP contribution in [0.2, 0.25) is 0 Å². The molecule has 2 aromatic rings. The van der Waals surface area contributed by atoms with E-state index in [1.807, 2.05) is 0 Å². The van der Waals surface area contributed by atoms with Crippen molar-refractivity contribution in [2.75, 3.05) is 22.1 Å². The molecule has 186 valence electrons. The number of amides is 3. The van der Waals surface area contributed by atoms with Crippen molar-refractivity contribution in [2.24, 2.45) is 0 Å². The zero-order valence-corrected chi connectivity index (χ0v) is 18.0. The highest BCUT2D eigenvalue weighted by molar-refractivity contribution is 6.02. The molecule has 3 rings (SSSR count). The van der Waals surface area contributed by atoms with Gasteiger partial charge in [0.1, 0.15) is 23.5 Å². The van der Waals surface area contributed by atoms with E-state index in [2.05, 4.69) is 30.9 Å². The highest BCUT2D eigenvalue weighted by Gasteiger charge is 2.28. The maximum Gasteiger partial charge on any atom is 0.326 e. The van der Waals surface area contributed by atoms with Crippen LogP contribution in [0.1, 0.15) is 36.2 Å². The first-order chi connectivity index (χ1) is 16.5. The number of ether oxygens (including phenoxy) is 1. The zero-order valence-electron chi connectivity index (χ0n) is 18.0. The third kappa shape index (κ3) is 6.80. The Morgan fingerprint density at radius 2 is 1.86 bits per heavy atom. The van der Waals surface area contributed by atoms with Crippen molar-refractivity contribution >= 4 is 47.0 Å². The molecule has 0 bridgehead atoms. The highest BCUT2D eigenvalue weighted by atomic mass is 16.5. The maximum atomic E-state index is 12.5. The van der Waals surface area contributed by atoms with Crippen molar-refractivity contribution < 1.29 is 34.1 Å². The Morgan fingerprint density at radius 3 is 2.46 bits per heavy atom. The minimum absolute atomic E-state index is 0.0463. The molecule has 1 aliphatic rings. The SMILES string of the molecule is Nc1nc(N)c(NC(=O)Nc2ccc(C(=O)N[C@@H](CCC(=O)O)C(=O)O)nc2OC2CC2)c(=O)[nH]1. The van der Waals surface area contributed by atoms with Crippen molar-refractivity contribution in [3.8, 4) is 5.88 Å². The van der Waals surface area contributed by atoms with E-state index < -0.39 is 41.9 Å². The number of nitrogens with one attached hydrogen (secondary N) is 4. The number of carbonyl (C=O) groups excluding carboxylic acids is 2. The van der Waals surface area contributed by atoms with Crippen molar-refractivity contribution in [3.63, 3.8) is 0 Å². The molecule has 0 unspecified atom stereocenters. The van der Waals surface area contributed by atoms with Gasteiger partial charge in [0.2, 0.25) is 11.8 Å². The molecule has 2 aromatic heterocycles. The van der Waals surface area contributed by atoms with E-state index in [0.29, 0.717) is 0 Å². The standard InChI is InChI=1S/C19H22N8O8/c20-13-12(15(31)27-18(21)26-13)25-19(34)24-9-4-3-8(23-16(9)35-7-1-2-7)14(30)22-10(17(32)33)5-6-11(28)29/h3-4,7,10H,1-2,5-6H2,(H,22,30)(H,28,29)(H,32,33)(H2,24,25,34)(H5,20,21,26,27,31)/t10-/m0/s1. The molecule has 0 aliphatic heterocycles. The first-order valence-corrected chi connectivity index (χ1v) is 10.2.